The second-order valence-corrected chi connectivity index (χ2v) is 5.32. The van der Waals surface area contributed by atoms with Crippen LogP contribution in [0.3, 0.4) is 0 Å². The number of aromatic nitrogens is 2. The van der Waals surface area contributed by atoms with Gasteiger partial charge in [0.25, 0.3) is 0 Å². The van der Waals surface area contributed by atoms with Crippen LogP contribution in [0.4, 0.5) is 5.13 Å². The average molecular weight is 270 g/mol. The summed E-state index contributed by atoms with van der Waals surface area (Å²) in [6.07, 6.45) is 0.885. The van der Waals surface area contributed by atoms with Crippen molar-refractivity contribution in [1.29, 1.82) is 0 Å². The van der Waals surface area contributed by atoms with E-state index in [-0.39, 0.29) is 11.8 Å². The summed E-state index contributed by atoms with van der Waals surface area (Å²) in [4.78, 5) is 20.1. The highest BCUT2D eigenvalue weighted by molar-refractivity contribution is 7.09. The summed E-state index contributed by atoms with van der Waals surface area (Å²) < 4.78 is 9.22. The van der Waals surface area contributed by atoms with E-state index in [9.17, 15) is 4.79 Å². The minimum absolute atomic E-state index is 0.0785. The van der Waals surface area contributed by atoms with Crippen molar-refractivity contribution in [3.05, 3.63) is 5.82 Å². The zero-order valence-corrected chi connectivity index (χ0v) is 11.7. The van der Waals surface area contributed by atoms with Crippen molar-refractivity contribution in [2.24, 2.45) is 5.92 Å². The van der Waals surface area contributed by atoms with E-state index in [1.807, 2.05) is 0 Å². The molecule has 1 aromatic rings. The summed E-state index contributed by atoms with van der Waals surface area (Å²) in [5, 5.41) is 0.885. The number of hydrogen-bond acceptors (Lipinski definition) is 6. The number of ether oxygens (including phenoxy) is 1. The van der Waals surface area contributed by atoms with Gasteiger partial charge in [-0.05, 0) is 6.42 Å². The maximum absolute atomic E-state index is 11.9. The highest BCUT2D eigenvalue weighted by Gasteiger charge is 2.30. The van der Waals surface area contributed by atoms with Gasteiger partial charge in [0.15, 0.2) is 5.82 Å². The molecule has 18 heavy (non-hydrogen) atoms. The molecule has 1 atom stereocenters. The molecule has 6 nitrogen and oxygen atoms in total. The third kappa shape index (κ3) is 2.78. The van der Waals surface area contributed by atoms with E-state index < -0.39 is 0 Å². The van der Waals surface area contributed by atoms with Crippen LogP contribution in [0.15, 0.2) is 0 Å². The number of carbonyl (C=O) groups is 1. The van der Waals surface area contributed by atoms with Gasteiger partial charge in [0, 0.05) is 45.8 Å². The van der Waals surface area contributed by atoms with E-state index in [0.717, 1.165) is 24.6 Å². The highest BCUT2D eigenvalue weighted by atomic mass is 32.1. The average Bonchev–Trinajstić information content (AvgIpc) is 2.96. The third-order valence-electron chi connectivity index (χ3n) is 2.98. The first-order chi connectivity index (χ1) is 8.61. The molecule has 7 heteroatoms. The third-order valence-corrected chi connectivity index (χ3v) is 3.79. The predicted octanol–water partition coefficient (Wildman–Crippen LogP) is 0.599. The van der Waals surface area contributed by atoms with Gasteiger partial charge in [-0.15, -0.1) is 0 Å². The molecule has 1 fully saturated rings. The normalized spacial score (nSPS) is 19.3. The van der Waals surface area contributed by atoms with Crippen LogP contribution in [-0.2, 0) is 16.1 Å². The molecule has 0 aliphatic carbocycles. The molecule has 1 unspecified atom stereocenters. The zero-order chi connectivity index (χ0) is 13.1. The molecule has 1 saturated heterocycles. The number of carbonyl (C=O) groups excluding carboxylic acids is 1. The molecule has 2 rings (SSSR count). The Balaban J connectivity index is 1.97. The fraction of sp³-hybridized carbons (Fsp3) is 0.727. The summed E-state index contributed by atoms with van der Waals surface area (Å²) in [7, 11) is 5.22. The van der Waals surface area contributed by atoms with Gasteiger partial charge in [-0.3, -0.25) is 4.79 Å². The first kappa shape index (κ1) is 13.2. The Bertz CT molecular complexity index is 421. The number of hydrogen-bond donors (Lipinski definition) is 0. The molecule has 0 aromatic carbocycles. The SMILES string of the molecule is COCc1nsc(N2CCC(C(=O)N(C)C)C2)n1. The van der Waals surface area contributed by atoms with Crippen molar-refractivity contribution >= 4 is 22.6 Å². The van der Waals surface area contributed by atoms with Gasteiger partial charge in [-0.2, -0.15) is 4.37 Å². The minimum Gasteiger partial charge on any atom is -0.377 e. The van der Waals surface area contributed by atoms with Crippen LogP contribution in [0, 0.1) is 5.92 Å². The lowest BCUT2D eigenvalue weighted by molar-refractivity contribution is -0.132. The standard InChI is InChI=1S/C11H18N4O2S/c1-14(2)10(16)8-4-5-15(6-8)11-12-9(7-17-3)13-18-11/h8H,4-7H2,1-3H3. The highest BCUT2D eigenvalue weighted by Crippen LogP contribution is 2.26. The lowest BCUT2D eigenvalue weighted by Gasteiger charge is -2.17. The summed E-state index contributed by atoms with van der Waals surface area (Å²) in [6, 6.07) is 0. The molecule has 2 heterocycles. The summed E-state index contributed by atoms with van der Waals surface area (Å²) in [5.41, 5.74) is 0. The van der Waals surface area contributed by atoms with E-state index in [0.29, 0.717) is 12.4 Å². The molecule has 1 aliphatic heterocycles. The summed E-state index contributed by atoms with van der Waals surface area (Å²) >= 11 is 1.37. The summed E-state index contributed by atoms with van der Waals surface area (Å²) in [6.45, 7) is 2.04. The first-order valence-electron chi connectivity index (χ1n) is 5.89. The van der Waals surface area contributed by atoms with Crippen LogP contribution in [0.1, 0.15) is 12.2 Å². The number of amides is 1. The van der Waals surface area contributed by atoms with Crippen LogP contribution in [0.2, 0.25) is 0 Å². The molecule has 0 bridgehead atoms. The van der Waals surface area contributed by atoms with Crippen LogP contribution < -0.4 is 4.90 Å². The van der Waals surface area contributed by atoms with Crippen molar-refractivity contribution in [2.45, 2.75) is 13.0 Å². The van der Waals surface area contributed by atoms with Gasteiger partial charge >= 0.3 is 0 Å². The van der Waals surface area contributed by atoms with E-state index in [1.54, 1.807) is 26.1 Å². The lowest BCUT2D eigenvalue weighted by atomic mass is 10.1. The molecular formula is C11H18N4O2S. The van der Waals surface area contributed by atoms with Gasteiger partial charge in [0.05, 0.1) is 5.92 Å². The Morgan fingerprint density at radius 1 is 1.61 bits per heavy atom. The molecule has 0 N–H and O–H groups in total. The monoisotopic (exact) mass is 270 g/mol. The van der Waals surface area contributed by atoms with Gasteiger partial charge < -0.3 is 14.5 Å². The topological polar surface area (TPSA) is 58.6 Å². The van der Waals surface area contributed by atoms with E-state index in [2.05, 4.69) is 14.3 Å². The van der Waals surface area contributed by atoms with E-state index in [1.165, 1.54) is 11.5 Å². The number of nitrogens with zero attached hydrogens (tertiary/aromatic N) is 4. The predicted molar refractivity (Wildman–Crippen MR) is 69.6 cm³/mol. The van der Waals surface area contributed by atoms with Crippen molar-refractivity contribution in [3.63, 3.8) is 0 Å². The fourth-order valence-electron chi connectivity index (χ4n) is 2.06. The van der Waals surface area contributed by atoms with Gasteiger partial charge in [0.2, 0.25) is 11.0 Å². The molecule has 1 amide bonds. The Hall–Kier alpha value is -1.21. The van der Waals surface area contributed by atoms with E-state index >= 15 is 0 Å². The summed E-state index contributed by atoms with van der Waals surface area (Å²) in [5.74, 6) is 0.980. The number of methoxy groups -OCH3 is 1. The fourth-order valence-corrected chi connectivity index (χ4v) is 2.77. The second-order valence-electron chi connectivity index (χ2n) is 4.59. The maximum atomic E-state index is 11.9. The first-order valence-corrected chi connectivity index (χ1v) is 6.66. The molecule has 100 valence electrons. The zero-order valence-electron chi connectivity index (χ0n) is 10.9. The van der Waals surface area contributed by atoms with Crippen LogP contribution >= 0.6 is 11.5 Å². The lowest BCUT2D eigenvalue weighted by Crippen LogP contribution is -2.31. The van der Waals surface area contributed by atoms with Crippen LogP contribution in [-0.4, -0.2) is 54.5 Å². The molecule has 0 saturated carbocycles. The Morgan fingerprint density at radius 2 is 2.39 bits per heavy atom. The molecule has 1 aliphatic rings. The van der Waals surface area contributed by atoms with Gasteiger partial charge in [-0.25, -0.2) is 4.98 Å². The number of anilines is 1. The molecule has 0 radical (unpaired) electrons. The smallest absolute Gasteiger partial charge is 0.227 e. The van der Waals surface area contributed by atoms with Crippen LogP contribution in [0.5, 0.6) is 0 Å². The van der Waals surface area contributed by atoms with Gasteiger partial charge in [0.1, 0.15) is 6.61 Å². The second kappa shape index (κ2) is 5.62. The maximum Gasteiger partial charge on any atom is 0.227 e. The van der Waals surface area contributed by atoms with Crippen molar-refractivity contribution in [3.8, 4) is 0 Å². The number of rotatable bonds is 4. The van der Waals surface area contributed by atoms with Gasteiger partial charge in [-0.1, -0.05) is 0 Å². The van der Waals surface area contributed by atoms with E-state index in [4.69, 9.17) is 4.74 Å². The Morgan fingerprint density at radius 3 is 3.06 bits per heavy atom. The largest absolute Gasteiger partial charge is 0.377 e. The van der Waals surface area contributed by atoms with Crippen molar-refractivity contribution in [1.82, 2.24) is 14.3 Å². The molecular weight excluding hydrogens is 252 g/mol. The quantitative estimate of drug-likeness (QED) is 0.802. The Labute approximate surface area is 111 Å². The Kier molecular flexibility index (Phi) is 4.13. The minimum atomic E-state index is 0.0785. The van der Waals surface area contributed by atoms with Crippen molar-refractivity contribution < 1.29 is 9.53 Å². The molecule has 1 aromatic heterocycles. The van der Waals surface area contributed by atoms with Crippen molar-refractivity contribution in [2.75, 3.05) is 39.2 Å². The van der Waals surface area contributed by atoms with Crippen LogP contribution in [0.25, 0.3) is 0 Å². The molecule has 0 spiro atoms.